The number of carbonyl (C=O) groups is 3. The molecule has 0 aromatic heterocycles. The highest BCUT2D eigenvalue weighted by Gasteiger charge is 2.34. The van der Waals surface area contributed by atoms with E-state index in [0.29, 0.717) is 17.0 Å². The van der Waals surface area contributed by atoms with E-state index in [2.05, 4.69) is 5.32 Å². The number of hydrogen-bond acceptors (Lipinski definition) is 7. The number of hydrogen-bond donors (Lipinski definition) is 2. The van der Waals surface area contributed by atoms with E-state index in [4.69, 9.17) is 31.5 Å². The molecule has 0 saturated heterocycles. The fourth-order valence-electron chi connectivity index (χ4n) is 1.88. The number of imide groups is 1. The van der Waals surface area contributed by atoms with E-state index in [0.717, 1.165) is 0 Å². The van der Waals surface area contributed by atoms with E-state index < -0.39 is 40.9 Å². The first-order valence-electron chi connectivity index (χ1n) is 9.87. The van der Waals surface area contributed by atoms with Crippen molar-refractivity contribution in [3.63, 3.8) is 0 Å². The number of amides is 3. The molecule has 3 amide bonds. The number of nitrogens with one attached hydrogen (secondary N) is 1. The summed E-state index contributed by atoms with van der Waals surface area (Å²) in [7, 11) is 0. The summed E-state index contributed by atoms with van der Waals surface area (Å²) in [5.41, 5.74) is 3.90. The summed E-state index contributed by atoms with van der Waals surface area (Å²) in [6, 6.07) is 0. The molecule has 3 N–H and O–H groups in total. The topological polar surface area (TPSA) is 120 Å². The van der Waals surface area contributed by atoms with Crippen LogP contribution < -0.4 is 11.1 Å². The second-order valence-electron chi connectivity index (χ2n) is 9.68. The van der Waals surface area contributed by atoms with Crippen molar-refractivity contribution >= 4 is 29.9 Å². The zero-order chi connectivity index (χ0) is 24.8. The monoisotopic (exact) mass is 461 g/mol. The van der Waals surface area contributed by atoms with Crippen LogP contribution in [-0.4, -0.2) is 40.0 Å². The van der Waals surface area contributed by atoms with E-state index in [9.17, 15) is 14.4 Å². The molecule has 0 bridgehead atoms. The Morgan fingerprint density at radius 3 is 1.58 bits per heavy atom. The van der Waals surface area contributed by atoms with Crippen LogP contribution in [0.3, 0.4) is 0 Å². The molecular weight excluding hydrogens is 426 g/mol. The summed E-state index contributed by atoms with van der Waals surface area (Å²) in [5.74, 6) is -0.415. The number of ether oxygens (including phenoxy) is 3. The summed E-state index contributed by atoms with van der Waals surface area (Å²) >= 11 is 6.28. The number of carbonyl (C=O) groups excluding carboxylic acids is 3. The first-order valence-corrected chi connectivity index (χ1v) is 10.3. The fraction of sp³-hybridized carbons (Fsp3) is 0.667. The van der Waals surface area contributed by atoms with E-state index in [1.54, 1.807) is 69.2 Å². The van der Waals surface area contributed by atoms with Gasteiger partial charge in [-0.15, -0.1) is 0 Å². The molecule has 178 valence electrons. The van der Waals surface area contributed by atoms with Crippen molar-refractivity contribution in [1.82, 2.24) is 10.2 Å². The van der Waals surface area contributed by atoms with Gasteiger partial charge in [-0.25, -0.2) is 14.4 Å². The highest BCUT2D eigenvalue weighted by molar-refractivity contribution is 6.31. The van der Waals surface area contributed by atoms with Crippen LogP contribution in [-0.2, 0) is 14.2 Å². The molecule has 0 aliphatic rings. The summed E-state index contributed by atoms with van der Waals surface area (Å²) in [5, 5.41) is 2.38. The third kappa shape index (κ3) is 12.1. The number of rotatable bonds is 4. The lowest BCUT2D eigenvalue weighted by molar-refractivity contribution is 0.00792. The zero-order valence-electron chi connectivity index (χ0n) is 20.1. The maximum absolute atomic E-state index is 12.6. The van der Waals surface area contributed by atoms with Crippen LogP contribution in [0.2, 0.25) is 0 Å². The van der Waals surface area contributed by atoms with Crippen LogP contribution in [0, 0.1) is 0 Å². The Hall–Kier alpha value is -2.42. The van der Waals surface area contributed by atoms with E-state index >= 15 is 0 Å². The standard InChI is InChI=1S/C21H36ClN3O6/c1-11-13(24-16(26)29-19(2,3)4)12-14(22)15(23)25(17(27)30-20(5,6)7)18(28)31-21(8,9)10/h12H,11,23H2,1-10H3,(H,24,26)/b13-12+,15-14-. The molecule has 0 spiro atoms. The molecule has 0 aromatic carbocycles. The highest BCUT2D eigenvalue weighted by Crippen LogP contribution is 2.21. The minimum atomic E-state index is -1.05. The van der Waals surface area contributed by atoms with Crippen LogP contribution in [0.25, 0.3) is 0 Å². The SMILES string of the molecule is CC/C(=C\C(Cl)=C(/N)N(C(=O)OC(C)(C)C)C(=O)OC(C)(C)C)NC(=O)OC(C)(C)C. The largest absolute Gasteiger partial charge is 0.444 e. The summed E-state index contributed by atoms with van der Waals surface area (Å²) in [6.07, 6.45) is -1.10. The minimum Gasteiger partial charge on any atom is -0.444 e. The number of alkyl carbamates (subject to hydrolysis) is 1. The molecule has 0 rings (SSSR count). The molecule has 9 nitrogen and oxygen atoms in total. The molecule has 31 heavy (non-hydrogen) atoms. The van der Waals surface area contributed by atoms with Gasteiger partial charge in [0.05, 0.1) is 5.03 Å². The van der Waals surface area contributed by atoms with Gasteiger partial charge in [0.15, 0.2) is 0 Å². The van der Waals surface area contributed by atoms with E-state index in [-0.39, 0.29) is 5.03 Å². The molecule has 0 aromatic rings. The lowest BCUT2D eigenvalue weighted by atomic mass is 10.2. The van der Waals surface area contributed by atoms with Gasteiger partial charge in [-0.05, 0) is 74.8 Å². The average molecular weight is 462 g/mol. The fourth-order valence-corrected chi connectivity index (χ4v) is 2.10. The Morgan fingerprint density at radius 1 is 0.871 bits per heavy atom. The Morgan fingerprint density at radius 2 is 1.26 bits per heavy atom. The predicted molar refractivity (Wildman–Crippen MR) is 119 cm³/mol. The zero-order valence-corrected chi connectivity index (χ0v) is 20.9. The third-order valence-corrected chi connectivity index (χ3v) is 3.28. The quantitative estimate of drug-likeness (QED) is 0.427. The van der Waals surface area contributed by atoms with Crippen molar-refractivity contribution in [2.24, 2.45) is 5.73 Å². The smallest absolute Gasteiger partial charge is 0.425 e. The van der Waals surface area contributed by atoms with Crippen molar-refractivity contribution in [2.45, 2.75) is 92.5 Å². The Kier molecular flexibility index (Phi) is 9.91. The normalized spacial score (nSPS) is 13.7. The number of halogens is 1. The van der Waals surface area contributed by atoms with Gasteiger partial charge in [0.25, 0.3) is 0 Å². The molecule has 0 radical (unpaired) electrons. The van der Waals surface area contributed by atoms with Crippen molar-refractivity contribution in [2.75, 3.05) is 0 Å². The second-order valence-corrected chi connectivity index (χ2v) is 10.1. The van der Waals surface area contributed by atoms with Crippen LogP contribution >= 0.6 is 11.6 Å². The third-order valence-electron chi connectivity index (χ3n) is 2.98. The lowest BCUT2D eigenvalue weighted by Crippen LogP contribution is -2.45. The van der Waals surface area contributed by atoms with Crippen molar-refractivity contribution in [3.8, 4) is 0 Å². The van der Waals surface area contributed by atoms with Gasteiger partial charge in [-0.1, -0.05) is 18.5 Å². The van der Waals surface area contributed by atoms with Crippen LogP contribution in [0.4, 0.5) is 14.4 Å². The lowest BCUT2D eigenvalue weighted by Gasteiger charge is -2.28. The highest BCUT2D eigenvalue weighted by atomic mass is 35.5. The first kappa shape index (κ1) is 28.6. The maximum Gasteiger partial charge on any atom is 0.425 e. The molecular formula is C21H36ClN3O6. The van der Waals surface area contributed by atoms with Crippen LogP contribution in [0.1, 0.15) is 75.7 Å². The first-order chi connectivity index (χ1) is 13.8. The van der Waals surface area contributed by atoms with Gasteiger partial charge in [-0.2, -0.15) is 4.90 Å². The number of allylic oxidation sites excluding steroid dienone is 3. The molecule has 0 fully saturated rings. The summed E-state index contributed by atoms with van der Waals surface area (Å²) in [6.45, 7) is 16.8. The number of nitrogens with two attached hydrogens (primary N) is 1. The summed E-state index contributed by atoms with van der Waals surface area (Å²) in [4.78, 5) is 37.8. The Bertz CT molecular complexity index is 712. The van der Waals surface area contributed by atoms with Gasteiger partial charge in [0.2, 0.25) is 0 Å². The molecule has 0 aliphatic carbocycles. The molecule has 0 heterocycles. The van der Waals surface area contributed by atoms with Crippen molar-refractivity contribution in [3.05, 3.63) is 22.6 Å². The number of nitrogens with zero attached hydrogens (tertiary/aromatic N) is 1. The van der Waals surface area contributed by atoms with Gasteiger partial charge in [0, 0.05) is 5.70 Å². The summed E-state index contributed by atoms with van der Waals surface area (Å²) < 4.78 is 15.7. The van der Waals surface area contributed by atoms with Crippen LogP contribution in [0.5, 0.6) is 0 Å². The van der Waals surface area contributed by atoms with Gasteiger partial charge in [-0.3, -0.25) is 5.32 Å². The van der Waals surface area contributed by atoms with E-state index in [1.165, 1.54) is 6.08 Å². The molecule has 0 saturated carbocycles. The molecule has 0 atom stereocenters. The predicted octanol–water partition coefficient (Wildman–Crippen LogP) is 5.34. The average Bonchev–Trinajstić information content (AvgIpc) is 2.48. The van der Waals surface area contributed by atoms with Crippen molar-refractivity contribution in [1.29, 1.82) is 0 Å². The molecule has 0 aliphatic heterocycles. The maximum atomic E-state index is 12.6. The van der Waals surface area contributed by atoms with Crippen LogP contribution in [0.15, 0.2) is 22.6 Å². The second kappa shape index (κ2) is 10.7. The minimum absolute atomic E-state index is 0.176. The van der Waals surface area contributed by atoms with Gasteiger partial charge >= 0.3 is 18.3 Å². The van der Waals surface area contributed by atoms with Gasteiger partial charge in [0.1, 0.15) is 22.6 Å². The van der Waals surface area contributed by atoms with Gasteiger partial charge < -0.3 is 19.9 Å². The molecule has 10 heteroatoms. The van der Waals surface area contributed by atoms with E-state index in [1.807, 2.05) is 0 Å². The molecule has 0 unspecified atom stereocenters. The van der Waals surface area contributed by atoms with Crippen molar-refractivity contribution < 1.29 is 28.6 Å². The Balaban J connectivity index is 6.01. The Labute approximate surface area is 189 Å².